The van der Waals surface area contributed by atoms with Crippen LogP contribution in [0.3, 0.4) is 0 Å². The van der Waals surface area contributed by atoms with E-state index in [9.17, 15) is 5.11 Å². The molecule has 1 fully saturated rings. The number of rotatable bonds is 4. The largest absolute Gasteiger partial charge is 0.385 e. The molecular formula is C17H22ClN3O. The Morgan fingerprint density at radius 2 is 2.00 bits per heavy atom. The van der Waals surface area contributed by atoms with Crippen LogP contribution in [0.1, 0.15) is 62.6 Å². The van der Waals surface area contributed by atoms with E-state index in [0.717, 1.165) is 24.2 Å². The van der Waals surface area contributed by atoms with Crippen LogP contribution in [0.25, 0.3) is 0 Å². The fraction of sp³-hybridized carbons (Fsp3) is 0.529. The van der Waals surface area contributed by atoms with E-state index < -0.39 is 6.10 Å². The van der Waals surface area contributed by atoms with Gasteiger partial charge in [0.15, 0.2) is 0 Å². The third-order valence-electron chi connectivity index (χ3n) is 4.71. The van der Waals surface area contributed by atoms with Crippen molar-refractivity contribution >= 4 is 11.6 Å². The van der Waals surface area contributed by atoms with E-state index in [1.807, 2.05) is 16.8 Å². The molecule has 22 heavy (non-hydrogen) atoms. The maximum absolute atomic E-state index is 10.7. The van der Waals surface area contributed by atoms with E-state index in [4.69, 9.17) is 11.6 Å². The summed E-state index contributed by atoms with van der Waals surface area (Å²) < 4.78 is 2.05. The van der Waals surface area contributed by atoms with E-state index in [1.54, 1.807) is 18.5 Å². The van der Waals surface area contributed by atoms with Crippen LogP contribution >= 0.6 is 11.6 Å². The van der Waals surface area contributed by atoms with Gasteiger partial charge in [0.1, 0.15) is 17.1 Å². The van der Waals surface area contributed by atoms with Gasteiger partial charge in [-0.15, -0.1) is 0 Å². The van der Waals surface area contributed by atoms with Crippen molar-refractivity contribution in [3.63, 3.8) is 0 Å². The lowest BCUT2D eigenvalue weighted by Gasteiger charge is -2.28. The van der Waals surface area contributed by atoms with Gasteiger partial charge in [0.2, 0.25) is 0 Å². The van der Waals surface area contributed by atoms with Crippen molar-refractivity contribution in [2.24, 2.45) is 5.92 Å². The molecule has 2 atom stereocenters. The van der Waals surface area contributed by atoms with Gasteiger partial charge in [0.05, 0.1) is 6.04 Å². The van der Waals surface area contributed by atoms with Crippen molar-refractivity contribution in [3.05, 3.63) is 47.3 Å². The number of imidazole rings is 1. The number of aromatic nitrogens is 3. The minimum Gasteiger partial charge on any atom is -0.385 e. The van der Waals surface area contributed by atoms with Crippen LogP contribution in [0.4, 0.5) is 0 Å². The summed E-state index contributed by atoms with van der Waals surface area (Å²) in [4.78, 5) is 8.57. The maximum atomic E-state index is 10.7. The topological polar surface area (TPSA) is 50.9 Å². The normalized spacial score (nSPS) is 19.0. The van der Waals surface area contributed by atoms with E-state index >= 15 is 0 Å². The van der Waals surface area contributed by atoms with Crippen LogP contribution in [0, 0.1) is 5.92 Å². The summed E-state index contributed by atoms with van der Waals surface area (Å²) in [6, 6.07) is 3.83. The van der Waals surface area contributed by atoms with Crippen molar-refractivity contribution in [2.45, 2.75) is 51.2 Å². The Kier molecular flexibility index (Phi) is 4.79. The molecule has 1 N–H and O–H groups in total. The number of hydrogen-bond acceptors (Lipinski definition) is 3. The molecule has 5 heteroatoms. The molecule has 2 heterocycles. The maximum Gasteiger partial charge on any atom is 0.138 e. The minimum atomic E-state index is -0.488. The molecule has 0 radical (unpaired) electrons. The first-order valence-corrected chi connectivity index (χ1v) is 8.37. The molecule has 2 aromatic rings. The van der Waals surface area contributed by atoms with Gasteiger partial charge in [0, 0.05) is 18.6 Å². The zero-order valence-electron chi connectivity index (χ0n) is 12.8. The zero-order valence-corrected chi connectivity index (χ0v) is 13.6. The highest BCUT2D eigenvalue weighted by Gasteiger charge is 2.27. The lowest BCUT2D eigenvalue weighted by Crippen LogP contribution is -2.21. The van der Waals surface area contributed by atoms with Gasteiger partial charge < -0.3 is 9.67 Å². The molecule has 1 aliphatic rings. The standard InChI is InChI=1S/C17H22ClN3O/c1-12(14-7-8-15(18)20-11-14)21-10-9-19-17(21)16(22)13-5-3-2-4-6-13/h7-13,16,22H,2-6H2,1H3. The summed E-state index contributed by atoms with van der Waals surface area (Å²) >= 11 is 5.85. The molecule has 0 bridgehead atoms. The predicted molar refractivity (Wildman–Crippen MR) is 86.8 cm³/mol. The molecule has 1 aliphatic carbocycles. The number of aliphatic hydroxyl groups is 1. The van der Waals surface area contributed by atoms with Crippen molar-refractivity contribution < 1.29 is 5.11 Å². The lowest BCUT2D eigenvalue weighted by molar-refractivity contribution is 0.0733. The summed E-state index contributed by atoms with van der Waals surface area (Å²) in [6.07, 6.45) is 10.9. The van der Waals surface area contributed by atoms with Gasteiger partial charge in [-0.3, -0.25) is 0 Å². The molecule has 3 rings (SSSR count). The average molecular weight is 320 g/mol. The van der Waals surface area contributed by atoms with Gasteiger partial charge in [-0.2, -0.15) is 0 Å². The molecule has 0 amide bonds. The average Bonchev–Trinajstić information content (AvgIpc) is 3.04. The third kappa shape index (κ3) is 3.18. The van der Waals surface area contributed by atoms with E-state index in [-0.39, 0.29) is 6.04 Å². The van der Waals surface area contributed by atoms with Crippen LogP contribution < -0.4 is 0 Å². The number of hydrogen-bond donors (Lipinski definition) is 1. The summed E-state index contributed by atoms with van der Waals surface area (Å²) in [5.41, 5.74) is 1.06. The van der Waals surface area contributed by atoms with Crippen LogP contribution in [-0.2, 0) is 0 Å². The summed E-state index contributed by atoms with van der Waals surface area (Å²) in [5, 5.41) is 11.2. The second-order valence-corrected chi connectivity index (χ2v) is 6.51. The Hall–Kier alpha value is -1.39. The predicted octanol–water partition coefficient (Wildman–Crippen LogP) is 4.15. The highest BCUT2D eigenvalue weighted by Crippen LogP contribution is 2.35. The fourth-order valence-electron chi connectivity index (χ4n) is 3.34. The Labute approximate surface area is 136 Å². The van der Waals surface area contributed by atoms with Crippen molar-refractivity contribution in [1.82, 2.24) is 14.5 Å². The smallest absolute Gasteiger partial charge is 0.138 e. The number of nitrogens with zero attached hydrogens (tertiary/aromatic N) is 3. The Bertz CT molecular complexity index is 605. The molecule has 1 saturated carbocycles. The van der Waals surface area contributed by atoms with Crippen molar-refractivity contribution in [2.75, 3.05) is 0 Å². The first-order chi connectivity index (χ1) is 10.7. The summed E-state index contributed by atoms with van der Waals surface area (Å²) in [7, 11) is 0. The van der Waals surface area contributed by atoms with Crippen LogP contribution in [0.15, 0.2) is 30.7 Å². The van der Waals surface area contributed by atoms with Crippen molar-refractivity contribution in [3.8, 4) is 0 Å². The van der Waals surface area contributed by atoms with Crippen LogP contribution in [0.2, 0.25) is 5.15 Å². The molecule has 118 valence electrons. The lowest BCUT2D eigenvalue weighted by atomic mass is 9.85. The molecule has 2 aromatic heterocycles. The minimum absolute atomic E-state index is 0.0699. The number of halogens is 1. The van der Waals surface area contributed by atoms with Gasteiger partial charge in [-0.25, -0.2) is 9.97 Å². The molecule has 0 saturated heterocycles. The quantitative estimate of drug-likeness (QED) is 0.861. The van der Waals surface area contributed by atoms with Gasteiger partial charge in [-0.1, -0.05) is 36.9 Å². The Morgan fingerprint density at radius 1 is 1.23 bits per heavy atom. The van der Waals surface area contributed by atoms with Gasteiger partial charge in [0.25, 0.3) is 0 Å². The van der Waals surface area contributed by atoms with E-state index in [0.29, 0.717) is 11.1 Å². The zero-order chi connectivity index (χ0) is 15.5. The van der Waals surface area contributed by atoms with Crippen LogP contribution in [0.5, 0.6) is 0 Å². The van der Waals surface area contributed by atoms with E-state index in [2.05, 4.69) is 16.9 Å². The van der Waals surface area contributed by atoms with Crippen LogP contribution in [-0.4, -0.2) is 19.6 Å². The second-order valence-electron chi connectivity index (χ2n) is 6.13. The number of pyridine rings is 1. The monoisotopic (exact) mass is 319 g/mol. The summed E-state index contributed by atoms with van der Waals surface area (Å²) in [5.74, 6) is 1.08. The SMILES string of the molecule is CC(c1ccc(Cl)nc1)n1ccnc1C(O)C1CCCCC1. The van der Waals surface area contributed by atoms with Gasteiger partial charge >= 0.3 is 0 Å². The van der Waals surface area contributed by atoms with E-state index in [1.165, 1.54) is 19.3 Å². The second kappa shape index (κ2) is 6.80. The molecule has 4 nitrogen and oxygen atoms in total. The highest BCUT2D eigenvalue weighted by atomic mass is 35.5. The first-order valence-electron chi connectivity index (χ1n) is 7.99. The molecule has 0 spiro atoms. The molecule has 0 aliphatic heterocycles. The Morgan fingerprint density at radius 3 is 2.68 bits per heavy atom. The summed E-state index contributed by atoms with van der Waals surface area (Å²) in [6.45, 7) is 2.09. The Balaban J connectivity index is 1.83. The molecule has 0 aromatic carbocycles. The molecular weight excluding hydrogens is 298 g/mol. The highest BCUT2D eigenvalue weighted by molar-refractivity contribution is 6.29. The third-order valence-corrected chi connectivity index (χ3v) is 4.93. The first kappa shape index (κ1) is 15.5. The fourth-order valence-corrected chi connectivity index (χ4v) is 3.45. The molecule has 2 unspecified atom stereocenters. The van der Waals surface area contributed by atoms with Gasteiger partial charge in [-0.05, 0) is 37.3 Å². The number of aliphatic hydroxyl groups excluding tert-OH is 1. The van der Waals surface area contributed by atoms with Crippen molar-refractivity contribution in [1.29, 1.82) is 0 Å².